The van der Waals surface area contributed by atoms with Gasteiger partial charge in [-0.2, -0.15) is 0 Å². The molecule has 0 saturated heterocycles. The fourth-order valence-corrected chi connectivity index (χ4v) is 4.60. The van der Waals surface area contributed by atoms with Gasteiger partial charge in [-0.25, -0.2) is 12.8 Å². The highest BCUT2D eigenvalue weighted by Gasteiger charge is 2.36. The van der Waals surface area contributed by atoms with Crippen LogP contribution in [0, 0.1) is 16.3 Å². The van der Waals surface area contributed by atoms with Crippen molar-refractivity contribution in [1.82, 2.24) is 4.57 Å². The van der Waals surface area contributed by atoms with Crippen LogP contribution < -0.4 is 15.6 Å². The highest BCUT2D eigenvalue weighted by atomic mass is 127. The van der Waals surface area contributed by atoms with Crippen LogP contribution in [0.1, 0.15) is 31.4 Å². The van der Waals surface area contributed by atoms with Crippen LogP contribution in [0.3, 0.4) is 0 Å². The third-order valence-corrected chi connectivity index (χ3v) is 7.18. The highest BCUT2D eigenvalue weighted by molar-refractivity contribution is 14.1. The summed E-state index contributed by atoms with van der Waals surface area (Å²) in [7, 11) is -3.58. The van der Waals surface area contributed by atoms with Crippen molar-refractivity contribution in [3.05, 3.63) is 62.4 Å². The van der Waals surface area contributed by atoms with E-state index >= 15 is 0 Å². The first-order chi connectivity index (χ1) is 13.1. The number of halogens is 2. The molecule has 1 fully saturated rings. The molecular weight excluding hydrogens is 496 g/mol. The van der Waals surface area contributed by atoms with Gasteiger partial charge in [-0.1, -0.05) is 6.08 Å². The van der Waals surface area contributed by atoms with Gasteiger partial charge in [0.25, 0.3) is 5.56 Å². The second-order valence-electron chi connectivity index (χ2n) is 6.83. The number of anilines is 3. The van der Waals surface area contributed by atoms with E-state index in [1.54, 1.807) is 32.1 Å². The average molecular weight is 517 g/mol. The fraction of sp³-hybridized carbons (Fsp3) is 0.316. The lowest BCUT2D eigenvalue weighted by Gasteiger charge is -2.21. The molecule has 9 heteroatoms. The molecule has 6 nitrogen and oxygen atoms in total. The normalized spacial score (nSPS) is 15.1. The van der Waals surface area contributed by atoms with Crippen molar-refractivity contribution in [2.24, 2.45) is 0 Å². The molecule has 1 aliphatic rings. The molecule has 3 rings (SSSR count). The summed E-state index contributed by atoms with van der Waals surface area (Å²) in [6, 6.07) is 4.29. The number of rotatable bonds is 7. The van der Waals surface area contributed by atoms with Crippen molar-refractivity contribution in [2.45, 2.75) is 38.0 Å². The minimum atomic E-state index is -3.58. The maximum absolute atomic E-state index is 14.3. The largest absolute Gasteiger partial charge is 0.351 e. The summed E-state index contributed by atoms with van der Waals surface area (Å²) < 4.78 is 44.1. The molecule has 2 N–H and O–H groups in total. The zero-order valence-electron chi connectivity index (χ0n) is 15.5. The molecule has 1 aromatic carbocycles. The van der Waals surface area contributed by atoms with E-state index in [-0.39, 0.29) is 34.2 Å². The van der Waals surface area contributed by atoms with Gasteiger partial charge in [-0.05, 0) is 67.5 Å². The molecule has 1 aliphatic carbocycles. The van der Waals surface area contributed by atoms with E-state index in [9.17, 15) is 17.6 Å². The van der Waals surface area contributed by atoms with E-state index in [1.807, 2.05) is 22.6 Å². The second-order valence-corrected chi connectivity index (χ2v) is 10.0. The van der Waals surface area contributed by atoms with E-state index in [1.165, 1.54) is 16.8 Å². The van der Waals surface area contributed by atoms with Gasteiger partial charge in [-0.15, -0.1) is 6.58 Å². The topological polar surface area (TPSA) is 80.2 Å². The number of aromatic nitrogens is 1. The monoisotopic (exact) mass is 517 g/mol. The molecule has 0 spiro atoms. The molecule has 28 heavy (non-hydrogen) atoms. The third kappa shape index (κ3) is 4.24. The van der Waals surface area contributed by atoms with Gasteiger partial charge < -0.3 is 9.88 Å². The van der Waals surface area contributed by atoms with Gasteiger partial charge in [-0.3, -0.25) is 9.52 Å². The third-order valence-electron chi connectivity index (χ3n) is 4.65. The van der Waals surface area contributed by atoms with Crippen molar-refractivity contribution < 1.29 is 12.8 Å². The van der Waals surface area contributed by atoms with E-state index in [0.717, 1.165) is 3.57 Å². The first kappa shape index (κ1) is 20.8. The van der Waals surface area contributed by atoms with Crippen molar-refractivity contribution in [2.75, 3.05) is 10.0 Å². The van der Waals surface area contributed by atoms with Gasteiger partial charge in [0.1, 0.15) is 5.82 Å². The summed E-state index contributed by atoms with van der Waals surface area (Å²) >= 11 is 2.00. The summed E-state index contributed by atoms with van der Waals surface area (Å²) in [6.45, 7) is 7.05. The van der Waals surface area contributed by atoms with Crippen molar-refractivity contribution >= 4 is 49.7 Å². The Kier molecular flexibility index (Phi) is 5.85. The van der Waals surface area contributed by atoms with Crippen LogP contribution in [0.15, 0.2) is 41.8 Å². The Bertz CT molecular complexity index is 1090. The summed E-state index contributed by atoms with van der Waals surface area (Å²) in [5.41, 5.74) is 0.569. The first-order valence-corrected chi connectivity index (χ1v) is 11.4. The van der Waals surface area contributed by atoms with E-state index in [4.69, 9.17) is 0 Å². The Labute approximate surface area is 177 Å². The quantitative estimate of drug-likeness (QED) is 0.424. The average Bonchev–Trinajstić information content (AvgIpc) is 3.48. The Morgan fingerprint density at radius 3 is 2.61 bits per heavy atom. The number of sulfonamides is 1. The molecule has 150 valence electrons. The Morgan fingerprint density at radius 1 is 1.36 bits per heavy atom. The Morgan fingerprint density at radius 2 is 2.04 bits per heavy atom. The standard InChI is InChI=1S/C19H21FIN3O3S/c1-4-11(2)24-10-17(23-28(26,27)14-6-7-14)18(12(3)19(24)25)22-16-8-5-13(21)9-15(16)20/h4-5,8-11,14,22-23H,1,6-7H2,2-3H3. The number of allylic oxidation sites excluding steroid dienone is 1. The number of hydrogen-bond donors (Lipinski definition) is 2. The lowest BCUT2D eigenvalue weighted by molar-refractivity contribution is 0.599. The van der Waals surface area contributed by atoms with E-state index in [0.29, 0.717) is 12.8 Å². The molecule has 1 atom stereocenters. The van der Waals surface area contributed by atoms with Gasteiger partial charge in [0.05, 0.1) is 28.4 Å². The zero-order valence-corrected chi connectivity index (χ0v) is 18.5. The molecule has 0 bridgehead atoms. The van der Waals surface area contributed by atoms with E-state index < -0.39 is 21.1 Å². The van der Waals surface area contributed by atoms with Gasteiger partial charge in [0, 0.05) is 15.3 Å². The smallest absolute Gasteiger partial charge is 0.256 e. The maximum atomic E-state index is 14.3. The van der Waals surface area contributed by atoms with Crippen LogP contribution in [0.2, 0.25) is 0 Å². The molecule has 1 aromatic heterocycles. The highest BCUT2D eigenvalue weighted by Crippen LogP contribution is 2.34. The van der Waals surface area contributed by atoms with Gasteiger partial charge in [0.15, 0.2) is 0 Å². The molecular formula is C19H21FIN3O3S. The van der Waals surface area contributed by atoms with Crippen LogP contribution >= 0.6 is 22.6 Å². The first-order valence-electron chi connectivity index (χ1n) is 8.76. The van der Waals surface area contributed by atoms with Crippen LogP contribution in [0.4, 0.5) is 21.5 Å². The minimum Gasteiger partial charge on any atom is -0.351 e. The minimum absolute atomic E-state index is 0.157. The number of benzene rings is 1. The summed E-state index contributed by atoms with van der Waals surface area (Å²) in [5.74, 6) is -0.495. The number of hydrogen-bond acceptors (Lipinski definition) is 4. The van der Waals surface area contributed by atoms with Crippen LogP contribution in [-0.2, 0) is 10.0 Å². The van der Waals surface area contributed by atoms with Gasteiger partial charge in [0.2, 0.25) is 10.0 Å². The Hall–Kier alpha value is -1.88. The molecule has 1 saturated carbocycles. The summed E-state index contributed by atoms with van der Waals surface area (Å²) in [5, 5.41) is 2.46. The molecule has 1 unspecified atom stereocenters. The molecule has 0 aliphatic heterocycles. The molecule has 0 radical (unpaired) electrons. The summed E-state index contributed by atoms with van der Waals surface area (Å²) in [4.78, 5) is 12.8. The molecule has 1 heterocycles. The number of nitrogens with one attached hydrogen (secondary N) is 2. The summed E-state index contributed by atoms with van der Waals surface area (Å²) in [6.07, 6.45) is 4.23. The molecule has 0 amide bonds. The lowest BCUT2D eigenvalue weighted by atomic mass is 10.2. The zero-order chi connectivity index (χ0) is 20.6. The van der Waals surface area contributed by atoms with E-state index in [2.05, 4.69) is 16.6 Å². The second kappa shape index (κ2) is 7.86. The van der Waals surface area contributed by atoms with Crippen molar-refractivity contribution in [3.8, 4) is 0 Å². The van der Waals surface area contributed by atoms with Crippen molar-refractivity contribution in [3.63, 3.8) is 0 Å². The molecule has 2 aromatic rings. The fourth-order valence-electron chi connectivity index (χ4n) is 2.76. The van der Waals surface area contributed by atoms with Crippen LogP contribution in [0.25, 0.3) is 0 Å². The SMILES string of the molecule is C=CC(C)n1cc(NS(=O)(=O)C2CC2)c(Nc2ccc(I)cc2F)c(C)c1=O. The maximum Gasteiger partial charge on any atom is 0.256 e. The predicted octanol–water partition coefficient (Wildman–Crippen LogP) is 4.30. The van der Waals surface area contributed by atoms with Crippen LogP contribution in [0.5, 0.6) is 0 Å². The Balaban J connectivity index is 2.14. The van der Waals surface area contributed by atoms with Gasteiger partial charge >= 0.3 is 0 Å². The van der Waals surface area contributed by atoms with Crippen molar-refractivity contribution in [1.29, 1.82) is 0 Å². The van der Waals surface area contributed by atoms with Crippen LogP contribution in [-0.4, -0.2) is 18.2 Å². The number of nitrogens with zero attached hydrogens (tertiary/aromatic N) is 1. The predicted molar refractivity (Wildman–Crippen MR) is 118 cm³/mol. The lowest BCUT2D eigenvalue weighted by Crippen LogP contribution is -2.27. The number of pyridine rings is 1.